The maximum absolute atomic E-state index is 12.9. The van der Waals surface area contributed by atoms with Gasteiger partial charge in [-0.3, -0.25) is 9.36 Å². The van der Waals surface area contributed by atoms with Crippen LogP contribution in [0.4, 0.5) is 0 Å². The van der Waals surface area contributed by atoms with E-state index in [1.54, 1.807) is 6.08 Å². The Kier molecular flexibility index (Phi) is 53.5. The quantitative estimate of drug-likeness (QED) is 0.0272. The van der Waals surface area contributed by atoms with Gasteiger partial charge in [-0.15, -0.1) is 0 Å². The van der Waals surface area contributed by atoms with Crippen molar-refractivity contribution < 1.29 is 32.9 Å². The minimum atomic E-state index is -4.58. The third kappa shape index (κ3) is 56.8. The summed E-state index contributed by atoms with van der Waals surface area (Å²) < 4.78 is 23.2. The minimum absolute atomic E-state index is 0.00181. The van der Waals surface area contributed by atoms with Crippen LogP contribution in [0.25, 0.3) is 0 Å². The van der Waals surface area contributed by atoms with Gasteiger partial charge in [0.25, 0.3) is 7.82 Å². The lowest BCUT2D eigenvalue weighted by Crippen LogP contribution is -2.45. The van der Waals surface area contributed by atoms with Gasteiger partial charge >= 0.3 is 0 Å². The van der Waals surface area contributed by atoms with Crippen LogP contribution in [0.1, 0.15) is 328 Å². The molecule has 0 spiro atoms. The van der Waals surface area contributed by atoms with Crippen LogP contribution in [-0.4, -0.2) is 68.5 Å². The molecule has 0 radical (unpaired) electrons. The smallest absolute Gasteiger partial charge is 0.268 e. The number of carbonyl (C=O) groups excluding carboxylic acids is 1. The number of nitrogens with zero attached hydrogens (tertiary/aromatic N) is 1. The van der Waals surface area contributed by atoms with Crippen molar-refractivity contribution in [3.8, 4) is 0 Å². The zero-order valence-electron chi connectivity index (χ0n) is 48.5. The lowest BCUT2D eigenvalue weighted by atomic mass is 10.0. The van der Waals surface area contributed by atoms with Gasteiger partial charge in [0.2, 0.25) is 5.91 Å². The molecular formula is C62H125N2O6P. The van der Waals surface area contributed by atoms with Gasteiger partial charge in [-0.2, -0.15) is 0 Å². The lowest BCUT2D eigenvalue weighted by Gasteiger charge is -2.29. The Hall–Kier alpha value is -0.760. The summed E-state index contributed by atoms with van der Waals surface area (Å²) in [5.74, 6) is -0.194. The normalized spacial score (nSPS) is 13.8. The second kappa shape index (κ2) is 54.0. The molecule has 9 heteroatoms. The number of quaternary nitrogens is 1. The van der Waals surface area contributed by atoms with Crippen LogP contribution >= 0.6 is 7.82 Å². The zero-order chi connectivity index (χ0) is 52.0. The number of carbonyl (C=O) groups is 1. The Morgan fingerprint density at radius 2 is 0.761 bits per heavy atom. The molecule has 3 unspecified atom stereocenters. The Labute approximate surface area is 443 Å². The summed E-state index contributed by atoms with van der Waals surface area (Å²) in [6.07, 6.45) is 68.0. The Morgan fingerprint density at radius 3 is 1.06 bits per heavy atom. The zero-order valence-corrected chi connectivity index (χ0v) is 49.4. The maximum atomic E-state index is 12.9. The summed E-state index contributed by atoms with van der Waals surface area (Å²) in [6, 6.07) is -0.880. The van der Waals surface area contributed by atoms with E-state index >= 15 is 0 Å². The Morgan fingerprint density at radius 1 is 0.479 bits per heavy atom. The highest BCUT2D eigenvalue weighted by Crippen LogP contribution is 2.38. The van der Waals surface area contributed by atoms with Crippen LogP contribution < -0.4 is 10.2 Å². The molecule has 424 valence electrons. The van der Waals surface area contributed by atoms with Crippen molar-refractivity contribution in [3.63, 3.8) is 0 Å². The molecule has 0 aromatic heterocycles. The number of phosphoric acid groups is 1. The molecule has 0 aliphatic rings. The van der Waals surface area contributed by atoms with E-state index in [2.05, 4.69) is 19.2 Å². The fraction of sp³-hybridized carbons (Fsp3) is 0.952. The summed E-state index contributed by atoms with van der Waals surface area (Å²) in [7, 11) is 1.27. The van der Waals surface area contributed by atoms with E-state index in [4.69, 9.17) is 9.05 Å². The summed E-state index contributed by atoms with van der Waals surface area (Å²) in [6.45, 7) is 4.64. The van der Waals surface area contributed by atoms with Crippen molar-refractivity contribution in [2.24, 2.45) is 0 Å². The number of allylic oxidation sites excluding steroid dienone is 1. The lowest BCUT2D eigenvalue weighted by molar-refractivity contribution is -0.870. The van der Waals surface area contributed by atoms with Gasteiger partial charge in [0.05, 0.1) is 39.9 Å². The topological polar surface area (TPSA) is 108 Å². The van der Waals surface area contributed by atoms with Gasteiger partial charge in [0.15, 0.2) is 0 Å². The third-order valence-electron chi connectivity index (χ3n) is 14.7. The molecule has 8 nitrogen and oxygen atoms in total. The van der Waals surface area contributed by atoms with Crippen LogP contribution in [0.5, 0.6) is 0 Å². The molecule has 0 aromatic rings. The average Bonchev–Trinajstić information content (AvgIpc) is 3.33. The van der Waals surface area contributed by atoms with Crippen molar-refractivity contribution in [1.29, 1.82) is 0 Å². The van der Waals surface area contributed by atoms with Gasteiger partial charge in [-0.25, -0.2) is 0 Å². The van der Waals surface area contributed by atoms with Crippen molar-refractivity contribution in [2.45, 2.75) is 341 Å². The maximum Gasteiger partial charge on any atom is 0.268 e. The molecule has 0 fully saturated rings. The molecule has 0 aromatic carbocycles. The minimum Gasteiger partial charge on any atom is -0.756 e. The number of aliphatic hydroxyl groups excluding tert-OH is 1. The molecule has 0 bridgehead atoms. The highest BCUT2D eigenvalue weighted by atomic mass is 31.2. The average molecular weight is 1030 g/mol. The fourth-order valence-corrected chi connectivity index (χ4v) is 10.5. The first-order valence-corrected chi connectivity index (χ1v) is 33.0. The monoisotopic (exact) mass is 1020 g/mol. The first-order chi connectivity index (χ1) is 34.5. The van der Waals surface area contributed by atoms with E-state index in [0.29, 0.717) is 17.4 Å². The highest BCUT2D eigenvalue weighted by molar-refractivity contribution is 7.45. The van der Waals surface area contributed by atoms with Crippen LogP contribution in [0.3, 0.4) is 0 Å². The Bertz CT molecular complexity index is 1160. The van der Waals surface area contributed by atoms with Gasteiger partial charge < -0.3 is 28.8 Å². The third-order valence-corrected chi connectivity index (χ3v) is 15.7. The molecule has 0 saturated carbocycles. The summed E-state index contributed by atoms with van der Waals surface area (Å²) in [5.41, 5.74) is 0. The molecule has 71 heavy (non-hydrogen) atoms. The summed E-state index contributed by atoms with van der Waals surface area (Å²) >= 11 is 0. The standard InChI is InChI=1S/C62H125N2O6P/c1-6-8-10-12-14-16-17-18-19-20-21-22-23-24-25-26-27-28-29-30-31-32-33-34-35-36-37-38-39-40-41-42-43-44-45-46-47-48-50-52-54-56-62(66)63-60(59-70-71(67,68)69-58-57-64(3,4)5)61(65)55-53-51-49-15-13-11-9-7-2/h53,55,60-61,65H,6-52,54,56-59H2,1-5H3,(H-,63,66,67,68)/b55-53+. The predicted molar refractivity (Wildman–Crippen MR) is 307 cm³/mol. The van der Waals surface area contributed by atoms with Crippen molar-refractivity contribution in [3.05, 3.63) is 12.2 Å². The second-order valence-corrected chi connectivity index (χ2v) is 24.5. The molecule has 0 saturated heterocycles. The molecular weight excluding hydrogens is 900 g/mol. The van der Waals surface area contributed by atoms with Crippen LogP contribution in [0, 0.1) is 0 Å². The number of hydrogen-bond donors (Lipinski definition) is 2. The van der Waals surface area contributed by atoms with Crippen molar-refractivity contribution in [2.75, 3.05) is 40.9 Å². The number of amides is 1. The number of nitrogens with one attached hydrogen (secondary N) is 1. The first-order valence-electron chi connectivity index (χ1n) is 31.6. The SMILES string of the molecule is CCCCCCCC/C=C/C(O)C(COP(=O)([O-])OCC[N+](C)(C)C)NC(=O)CCCCCCCCCCCCCCCCCCCCCCCCCCCCCCCCCCCCCCCCCCC. The fourth-order valence-electron chi connectivity index (χ4n) is 9.81. The summed E-state index contributed by atoms with van der Waals surface area (Å²) in [4.78, 5) is 25.3. The van der Waals surface area contributed by atoms with Crippen LogP contribution in [0.15, 0.2) is 12.2 Å². The first kappa shape index (κ1) is 70.2. The van der Waals surface area contributed by atoms with E-state index < -0.39 is 20.0 Å². The van der Waals surface area contributed by atoms with E-state index in [-0.39, 0.29) is 19.1 Å². The van der Waals surface area contributed by atoms with Crippen molar-refractivity contribution >= 4 is 13.7 Å². The molecule has 0 heterocycles. The molecule has 1 amide bonds. The molecule has 2 N–H and O–H groups in total. The van der Waals surface area contributed by atoms with Crippen molar-refractivity contribution in [1.82, 2.24) is 5.32 Å². The predicted octanol–water partition coefficient (Wildman–Crippen LogP) is 18.8. The Balaban J connectivity index is 3.68. The van der Waals surface area contributed by atoms with Crippen LogP contribution in [0.2, 0.25) is 0 Å². The van der Waals surface area contributed by atoms with Crippen LogP contribution in [-0.2, 0) is 18.4 Å². The number of phosphoric ester groups is 1. The van der Waals surface area contributed by atoms with Gasteiger partial charge in [-0.1, -0.05) is 315 Å². The van der Waals surface area contributed by atoms with E-state index in [0.717, 1.165) is 38.5 Å². The molecule has 0 aliphatic heterocycles. The molecule has 0 aliphatic carbocycles. The second-order valence-electron chi connectivity index (χ2n) is 23.1. The number of aliphatic hydroxyl groups is 1. The largest absolute Gasteiger partial charge is 0.756 e. The number of rotatable bonds is 59. The van der Waals surface area contributed by atoms with Gasteiger partial charge in [0, 0.05) is 6.42 Å². The molecule has 3 atom stereocenters. The number of hydrogen-bond acceptors (Lipinski definition) is 6. The van der Waals surface area contributed by atoms with E-state index in [1.807, 2.05) is 27.2 Å². The van der Waals surface area contributed by atoms with Gasteiger partial charge in [0.1, 0.15) is 13.2 Å². The highest BCUT2D eigenvalue weighted by Gasteiger charge is 2.23. The molecule has 0 rings (SSSR count). The van der Waals surface area contributed by atoms with E-state index in [9.17, 15) is 19.4 Å². The number of likely N-dealkylation sites (N-methyl/N-ethyl adjacent to an activating group) is 1. The van der Waals surface area contributed by atoms with Gasteiger partial charge in [-0.05, 0) is 19.3 Å². The summed E-state index contributed by atoms with van der Waals surface area (Å²) in [5, 5.41) is 13.7. The van der Waals surface area contributed by atoms with E-state index in [1.165, 1.54) is 270 Å². The number of unbranched alkanes of at least 4 members (excludes halogenated alkanes) is 46.